The van der Waals surface area contributed by atoms with Crippen molar-refractivity contribution in [2.45, 2.75) is 26.3 Å². The highest BCUT2D eigenvalue weighted by Crippen LogP contribution is 2.26. The smallest absolute Gasteiger partial charge is 0.253 e. The Labute approximate surface area is 206 Å². The molecule has 3 aromatic rings. The number of hydrogen-bond donors (Lipinski definition) is 0. The molecule has 35 heavy (non-hydrogen) atoms. The number of rotatable bonds is 4. The third kappa shape index (κ3) is 4.86. The van der Waals surface area contributed by atoms with Crippen LogP contribution in [0.2, 0.25) is 0 Å². The molecule has 1 fully saturated rings. The van der Waals surface area contributed by atoms with Gasteiger partial charge in [-0.25, -0.2) is 0 Å². The summed E-state index contributed by atoms with van der Waals surface area (Å²) in [5.74, 6) is 0.230. The summed E-state index contributed by atoms with van der Waals surface area (Å²) < 4.78 is 1.97. The van der Waals surface area contributed by atoms with Crippen molar-refractivity contribution in [2.75, 3.05) is 39.8 Å². The van der Waals surface area contributed by atoms with Gasteiger partial charge in [-0.1, -0.05) is 36.4 Å². The largest absolute Gasteiger partial charge is 0.338 e. The Kier molecular flexibility index (Phi) is 6.43. The first-order valence-electron chi connectivity index (χ1n) is 12.4. The molecule has 7 heteroatoms. The molecule has 2 aliphatic heterocycles. The Balaban J connectivity index is 1.27. The number of piperazine rings is 1. The number of amides is 2. The molecule has 5 rings (SSSR count). The van der Waals surface area contributed by atoms with E-state index in [1.165, 1.54) is 16.8 Å². The van der Waals surface area contributed by atoms with E-state index >= 15 is 0 Å². The Hall–Kier alpha value is -3.45. The predicted molar refractivity (Wildman–Crippen MR) is 136 cm³/mol. The van der Waals surface area contributed by atoms with Crippen molar-refractivity contribution in [2.24, 2.45) is 7.05 Å². The van der Waals surface area contributed by atoms with Crippen LogP contribution >= 0.6 is 0 Å². The molecule has 2 amide bonds. The average Bonchev–Trinajstić information content (AvgIpc) is 3.19. The molecule has 182 valence electrons. The van der Waals surface area contributed by atoms with Crippen LogP contribution < -0.4 is 0 Å². The number of benzene rings is 2. The van der Waals surface area contributed by atoms with E-state index in [9.17, 15) is 9.59 Å². The van der Waals surface area contributed by atoms with Gasteiger partial charge in [-0.15, -0.1) is 0 Å². The van der Waals surface area contributed by atoms with Gasteiger partial charge in [-0.3, -0.25) is 14.3 Å². The number of carbonyl (C=O) groups excluding carboxylic acids is 2. The first kappa shape index (κ1) is 23.3. The summed E-state index contributed by atoms with van der Waals surface area (Å²) in [5, 5.41) is 4.77. The number of aromatic nitrogens is 2. The van der Waals surface area contributed by atoms with E-state index in [0.717, 1.165) is 67.9 Å². The Morgan fingerprint density at radius 2 is 1.46 bits per heavy atom. The van der Waals surface area contributed by atoms with Gasteiger partial charge < -0.3 is 14.7 Å². The second kappa shape index (κ2) is 9.66. The average molecular weight is 472 g/mol. The molecule has 0 unspecified atom stereocenters. The Morgan fingerprint density at radius 1 is 0.829 bits per heavy atom. The molecule has 1 aromatic heterocycles. The van der Waals surface area contributed by atoms with E-state index in [1.54, 1.807) is 6.92 Å². The summed E-state index contributed by atoms with van der Waals surface area (Å²) in [5.41, 5.74) is 7.63. The normalized spacial score (nSPS) is 16.3. The van der Waals surface area contributed by atoms with Gasteiger partial charge in [0.15, 0.2) is 0 Å². The van der Waals surface area contributed by atoms with Gasteiger partial charge in [-0.2, -0.15) is 5.10 Å². The lowest BCUT2D eigenvalue weighted by Gasteiger charge is -2.32. The molecule has 0 spiro atoms. The minimum Gasteiger partial charge on any atom is -0.338 e. The van der Waals surface area contributed by atoms with Crippen molar-refractivity contribution in [3.63, 3.8) is 0 Å². The molecule has 3 heterocycles. The quantitative estimate of drug-likeness (QED) is 0.587. The molecule has 1 saturated heterocycles. The molecule has 2 aliphatic rings. The summed E-state index contributed by atoms with van der Waals surface area (Å²) >= 11 is 0. The van der Waals surface area contributed by atoms with E-state index < -0.39 is 0 Å². The van der Waals surface area contributed by atoms with E-state index in [0.29, 0.717) is 6.54 Å². The Bertz CT molecular complexity index is 1220. The van der Waals surface area contributed by atoms with Gasteiger partial charge in [0.05, 0.1) is 5.69 Å². The number of fused-ring (bicyclic) bond motifs is 1. The van der Waals surface area contributed by atoms with Crippen molar-refractivity contribution < 1.29 is 9.59 Å². The third-order valence-electron chi connectivity index (χ3n) is 7.35. The van der Waals surface area contributed by atoms with Gasteiger partial charge >= 0.3 is 0 Å². The molecule has 0 aliphatic carbocycles. The van der Waals surface area contributed by atoms with Crippen LogP contribution in [0.5, 0.6) is 0 Å². The van der Waals surface area contributed by atoms with Crippen molar-refractivity contribution in [1.82, 2.24) is 24.5 Å². The standard InChI is InChI=1S/C28H33N5O2/c1-20(34)33-13-12-27-25(19-33)26(29-31(27)3)18-21-4-6-22(7-5-21)23-8-10-24(11-9-23)28(35)32-16-14-30(2)15-17-32/h4-11H,12-19H2,1-3H3. The van der Waals surface area contributed by atoms with Crippen LogP contribution in [0.4, 0.5) is 0 Å². The lowest BCUT2D eigenvalue weighted by atomic mass is 9.98. The maximum atomic E-state index is 12.8. The number of hydrogen-bond acceptors (Lipinski definition) is 4. The summed E-state index contributed by atoms with van der Waals surface area (Å²) in [6.07, 6.45) is 1.60. The molecule has 0 bridgehead atoms. The minimum atomic E-state index is 0.113. The second-order valence-electron chi connectivity index (χ2n) is 9.73. The van der Waals surface area contributed by atoms with Crippen molar-refractivity contribution >= 4 is 11.8 Å². The van der Waals surface area contributed by atoms with Crippen LogP contribution in [-0.2, 0) is 31.2 Å². The lowest BCUT2D eigenvalue weighted by molar-refractivity contribution is -0.129. The molecule has 0 saturated carbocycles. The van der Waals surface area contributed by atoms with Gasteiger partial charge in [0.1, 0.15) is 0 Å². The molecular weight excluding hydrogens is 438 g/mol. The zero-order chi connectivity index (χ0) is 24.5. The van der Waals surface area contributed by atoms with E-state index in [4.69, 9.17) is 5.10 Å². The molecule has 0 radical (unpaired) electrons. The van der Waals surface area contributed by atoms with Gasteiger partial charge in [0.2, 0.25) is 5.91 Å². The maximum absolute atomic E-state index is 12.8. The van der Waals surface area contributed by atoms with E-state index in [2.05, 4.69) is 36.2 Å². The first-order chi connectivity index (χ1) is 16.9. The highest BCUT2D eigenvalue weighted by Gasteiger charge is 2.25. The molecule has 0 N–H and O–H groups in total. The monoisotopic (exact) mass is 471 g/mol. The summed E-state index contributed by atoms with van der Waals surface area (Å²) in [6.45, 7) is 6.45. The number of carbonyl (C=O) groups is 2. The van der Waals surface area contributed by atoms with Crippen LogP contribution in [0.15, 0.2) is 48.5 Å². The Morgan fingerprint density at radius 3 is 2.09 bits per heavy atom. The summed E-state index contributed by atoms with van der Waals surface area (Å²) in [7, 11) is 4.08. The van der Waals surface area contributed by atoms with Crippen molar-refractivity contribution in [3.05, 3.63) is 76.6 Å². The van der Waals surface area contributed by atoms with Crippen LogP contribution in [0.1, 0.15) is 39.8 Å². The van der Waals surface area contributed by atoms with Crippen LogP contribution in [-0.4, -0.2) is 76.1 Å². The topological polar surface area (TPSA) is 61.7 Å². The summed E-state index contributed by atoms with van der Waals surface area (Å²) in [4.78, 5) is 30.8. The van der Waals surface area contributed by atoms with Gasteiger partial charge in [0, 0.05) is 82.9 Å². The molecular formula is C28H33N5O2. The van der Waals surface area contributed by atoms with E-state index in [-0.39, 0.29) is 11.8 Å². The van der Waals surface area contributed by atoms with Gasteiger partial charge in [0.25, 0.3) is 5.91 Å². The van der Waals surface area contributed by atoms with Crippen LogP contribution in [0.3, 0.4) is 0 Å². The maximum Gasteiger partial charge on any atom is 0.253 e. The lowest BCUT2D eigenvalue weighted by Crippen LogP contribution is -2.47. The fraction of sp³-hybridized carbons (Fsp3) is 0.393. The number of aryl methyl sites for hydroxylation is 1. The predicted octanol–water partition coefficient (Wildman–Crippen LogP) is 2.97. The van der Waals surface area contributed by atoms with Gasteiger partial charge in [-0.05, 0) is 35.9 Å². The third-order valence-corrected chi connectivity index (χ3v) is 7.35. The fourth-order valence-electron chi connectivity index (χ4n) is 5.09. The van der Waals surface area contributed by atoms with E-state index in [1.807, 2.05) is 45.8 Å². The fourth-order valence-corrected chi connectivity index (χ4v) is 5.09. The summed E-state index contributed by atoms with van der Waals surface area (Å²) in [6, 6.07) is 16.5. The SMILES string of the molecule is CC(=O)N1CCc2c(c(Cc3ccc(-c4ccc(C(=O)N5CCN(C)CC5)cc4)cc3)nn2C)C1. The number of likely N-dealkylation sites (N-methyl/N-ethyl adjacent to an activating group) is 1. The zero-order valence-electron chi connectivity index (χ0n) is 20.8. The first-order valence-corrected chi connectivity index (χ1v) is 12.4. The van der Waals surface area contributed by atoms with Crippen molar-refractivity contribution in [1.29, 1.82) is 0 Å². The molecule has 2 aromatic carbocycles. The highest BCUT2D eigenvalue weighted by molar-refractivity contribution is 5.94. The van der Waals surface area contributed by atoms with Crippen molar-refractivity contribution in [3.8, 4) is 11.1 Å². The second-order valence-corrected chi connectivity index (χ2v) is 9.73. The molecule has 0 atom stereocenters. The van der Waals surface area contributed by atoms with Crippen LogP contribution in [0, 0.1) is 0 Å². The van der Waals surface area contributed by atoms with Crippen LogP contribution in [0.25, 0.3) is 11.1 Å². The highest BCUT2D eigenvalue weighted by atomic mass is 16.2. The minimum absolute atomic E-state index is 0.113. The number of nitrogens with zero attached hydrogens (tertiary/aromatic N) is 5. The zero-order valence-corrected chi connectivity index (χ0v) is 20.8. The molecule has 7 nitrogen and oxygen atoms in total.